The van der Waals surface area contributed by atoms with Crippen LogP contribution in [0.4, 0.5) is 0 Å². The molecule has 6 heteroatoms. The van der Waals surface area contributed by atoms with E-state index in [1.54, 1.807) is 6.26 Å². The molecule has 1 N–H and O–H groups in total. The van der Waals surface area contributed by atoms with Crippen molar-refractivity contribution in [1.29, 1.82) is 0 Å². The fourth-order valence-corrected chi connectivity index (χ4v) is 2.81. The highest BCUT2D eigenvalue weighted by Crippen LogP contribution is 2.24. The number of nitrogens with zero attached hydrogens (tertiary/aromatic N) is 1. The van der Waals surface area contributed by atoms with Gasteiger partial charge in [-0.1, -0.05) is 6.42 Å². The van der Waals surface area contributed by atoms with Crippen molar-refractivity contribution in [1.82, 2.24) is 9.62 Å². The van der Waals surface area contributed by atoms with E-state index in [1.807, 2.05) is 12.1 Å². The van der Waals surface area contributed by atoms with E-state index < -0.39 is 10.0 Å². The monoisotopic (exact) mass is 272 g/mol. The van der Waals surface area contributed by atoms with Crippen LogP contribution in [0, 0.1) is 0 Å². The Kier molecular flexibility index (Phi) is 4.42. The molecule has 1 aromatic rings. The lowest BCUT2D eigenvalue weighted by atomic mass is 10.1. The number of hydrogen-bond donors (Lipinski definition) is 1. The molecule has 0 radical (unpaired) electrons. The molecular formula is C12H20N2O3S. The van der Waals surface area contributed by atoms with Gasteiger partial charge in [0.05, 0.1) is 18.6 Å². The Morgan fingerprint density at radius 3 is 2.67 bits per heavy atom. The third-order valence-corrected chi connectivity index (χ3v) is 3.93. The summed E-state index contributed by atoms with van der Waals surface area (Å²) in [5.74, 6) is 0.827. The number of likely N-dealkylation sites (tertiary alicyclic amines) is 1. The summed E-state index contributed by atoms with van der Waals surface area (Å²) < 4.78 is 30.5. The van der Waals surface area contributed by atoms with Crippen LogP contribution in [0.15, 0.2) is 22.8 Å². The Morgan fingerprint density at radius 1 is 1.39 bits per heavy atom. The van der Waals surface area contributed by atoms with Crippen LogP contribution in [0.5, 0.6) is 0 Å². The highest BCUT2D eigenvalue weighted by molar-refractivity contribution is 7.88. The maximum atomic E-state index is 11.2. The van der Waals surface area contributed by atoms with E-state index in [2.05, 4.69) is 9.62 Å². The van der Waals surface area contributed by atoms with Crippen LogP contribution in [-0.4, -0.2) is 39.2 Å². The summed E-state index contributed by atoms with van der Waals surface area (Å²) in [5.41, 5.74) is 0. The van der Waals surface area contributed by atoms with Crippen molar-refractivity contribution in [3.05, 3.63) is 24.2 Å². The van der Waals surface area contributed by atoms with Gasteiger partial charge in [0.2, 0.25) is 10.0 Å². The van der Waals surface area contributed by atoms with Crippen molar-refractivity contribution in [2.75, 3.05) is 25.9 Å². The van der Waals surface area contributed by atoms with Crippen molar-refractivity contribution in [3.8, 4) is 0 Å². The van der Waals surface area contributed by atoms with Crippen molar-refractivity contribution >= 4 is 10.0 Å². The van der Waals surface area contributed by atoms with E-state index in [0.717, 1.165) is 31.7 Å². The van der Waals surface area contributed by atoms with Gasteiger partial charge in [-0.25, -0.2) is 13.1 Å². The SMILES string of the molecule is CS(=O)(=O)NCC(c1ccco1)N1CCCCC1. The van der Waals surface area contributed by atoms with Gasteiger partial charge in [0.1, 0.15) is 5.76 Å². The molecule has 5 nitrogen and oxygen atoms in total. The molecule has 0 aromatic carbocycles. The summed E-state index contributed by atoms with van der Waals surface area (Å²) in [7, 11) is -3.17. The van der Waals surface area contributed by atoms with Gasteiger partial charge in [0, 0.05) is 6.54 Å². The zero-order chi connectivity index (χ0) is 13.0. The van der Waals surface area contributed by atoms with E-state index in [1.165, 1.54) is 12.7 Å². The van der Waals surface area contributed by atoms with Gasteiger partial charge in [0.25, 0.3) is 0 Å². The molecule has 1 atom stereocenters. The van der Waals surface area contributed by atoms with Crippen LogP contribution in [0.1, 0.15) is 31.1 Å². The average Bonchev–Trinajstić information content (AvgIpc) is 2.83. The number of nitrogens with one attached hydrogen (secondary N) is 1. The molecule has 1 unspecified atom stereocenters. The Bertz CT molecular complexity index is 450. The molecule has 0 amide bonds. The summed E-state index contributed by atoms with van der Waals surface area (Å²) in [5, 5.41) is 0. The third-order valence-electron chi connectivity index (χ3n) is 3.24. The van der Waals surface area contributed by atoms with E-state index >= 15 is 0 Å². The third kappa shape index (κ3) is 3.83. The Morgan fingerprint density at radius 2 is 2.11 bits per heavy atom. The molecule has 0 spiro atoms. The zero-order valence-electron chi connectivity index (χ0n) is 10.6. The zero-order valence-corrected chi connectivity index (χ0v) is 11.4. The van der Waals surface area contributed by atoms with Crippen molar-refractivity contribution in [3.63, 3.8) is 0 Å². The first kappa shape index (κ1) is 13.6. The van der Waals surface area contributed by atoms with E-state index in [4.69, 9.17) is 4.42 Å². The second-order valence-electron chi connectivity index (χ2n) is 4.75. The van der Waals surface area contributed by atoms with Gasteiger partial charge in [-0.3, -0.25) is 4.90 Å². The summed E-state index contributed by atoms with van der Waals surface area (Å²) in [6.07, 6.45) is 6.39. The number of furan rings is 1. The number of sulfonamides is 1. The van der Waals surface area contributed by atoms with E-state index in [0.29, 0.717) is 6.54 Å². The number of hydrogen-bond acceptors (Lipinski definition) is 4. The van der Waals surface area contributed by atoms with Gasteiger partial charge in [-0.15, -0.1) is 0 Å². The van der Waals surface area contributed by atoms with Crippen LogP contribution in [-0.2, 0) is 10.0 Å². The average molecular weight is 272 g/mol. The minimum absolute atomic E-state index is 0.00461. The topological polar surface area (TPSA) is 62.6 Å². The Hall–Kier alpha value is -0.850. The van der Waals surface area contributed by atoms with Gasteiger partial charge in [0.15, 0.2) is 0 Å². The minimum atomic E-state index is -3.17. The van der Waals surface area contributed by atoms with Crippen molar-refractivity contribution < 1.29 is 12.8 Å². The van der Waals surface area contributed by atoms with Gasteiger partial charge in [-0.2, -0.15) is 0 Å². The first-order chi connectivity index (χ1) is 8.56. The van der Waals surface area contributed by atoms with Crippen LogP contribution < -0.4 is 4.72 Å². The predicted molar refractivity (Wildman–Crippen MR) is 69.7 cm³/mol. The second kappa shape index (κ2) is 5.86. The maximum Gasteiger partial charge on any atom is 0.208 e. The Labute approximate surface area is 108 Å². The van der Waals surface area contributed by atoms with E-state index in [-0.39, 0.29) is 6.04 Å². The Balaban J connectivity index is 2.07. The largest absolute Gasteiger partial charge is 0.468 e. The fraction of sp³-hybridized carbons (Fsp3) is 0.667. The van der Waals surface area contributed by atoms with Crippen molar-refractivity contribution in [2.45, 2.75) is 25.3 Å². The second-order valence-corrected chi connectivity index (χ2v) is 6.58. The summed E-state index contributed by atoms with van der Waals surface area (Å²) in [4.78, 5) is 2.29. The lowest BCUT2D eigenvalue weighted by Gasteiger charge is -2.33. The molecule has 102 valence electrons. The first-order valence-corrected chi connectivity index (χ1v) is 8.17. The molecule has 1 aliphatic heterocycles. The van der Waals surface area contributed by atoms with Crippen molar-refractivity contribution in [2.24, 2.45) is 0 Å². The van der Waals surface area contributed by atoms with Gasteiger partial charge < -0.3 is 4.42 Å². The number of piperidine rings is 1. The summed E-state index contributed by atoms with van der Waals surface area (Å²) >= 11 is 0. The molecule has 2 heterocycles. The van der Waals surface area contributed by atoms with Crippen LogP contribution in [0.2, 0.25) is 0 Å². The first-order valence-electron chi connectivity index (χ1n) is 6.28. The smallest absolute Gasteiger partial charge is 0.208 e. The standard InChI is InChI=1S/C12H20N2O3S/c1-18(15,16)13-10-11(12-6-5-9-17-12)14-7-3-2-4-8-14/h5-6,9,11,13H,2-4,7-8,10H2,1H3. The van der Waals surface area contributed by atoms with Crippen LogP contribution in [0.3, 0.4) is 0 Å². The minimum Gasteiger partial charge on any atom is -0.468 e. The molecule has 18 heavy (non-hydrogen) atoms. The van der Waals surface area contributed by atoms with Gasteiger partial charge >= 0.3 is 0 Å². The summed E-state index contributed by atoms with van der Waals surface area (Å²) in [6, 6.07) is 3.74. The highest BCUT2D eigenvalue weighted by Gasteiger charge is 2.25. The van der Waals surface area contributed by atoms with Gasteiger partial charge in [-0.05, 0) is 38.1 Å². The lowest BCUT2D eigenvalue weighted by Crippen LogP contribution is -2.40. The molecular weight excluding hydrogens is 252 g/mol. The fourth-order valence-electron chi connectivity index (χ4n) is 2.35. The quantitative estimate of drug-likeness (QED) is 0.879. The predicted octanol–water partition coefficient (Wildman–Crippen LogP) is 1.36. The molecule has 1 saturated heterocycles. The summed E-state index contributed by atoms with van der Waals surface area (Å²) in [6.45, 7) is 2.36. The molecule has 1 aliphatic rings. The molecule has 0 saturated carbocycles. The normalized spacial score (nSPS) is 19.8. The molecule has 2 rings (SSSR count). The van der Waals surface area contributed by atoms with E-state index in [9.17, 15) is 8.42 Å². The van der Waals surface area contributed by atoms with Crippen LogP contribution >= 0.6 is 0 Å². The lowest BCUT2D eigenvalue weighted by molar-refractivity contribution is 0.147. The molecule has 0 aliphatic carbocycles. The molecule has 1 aromatic heterocycles. The molecule has 0 bridgehead atoms. The number of rotatable bonds is 5. The highest BCUT2D eigenvalue weighted by atomic mass is 32.2. The maximum absolute atomic E-state index is 11.2. The molecule has 1 fully saturated rings. The van der Waals surface area contributed by atoms with Crippen LogP contribution in [0.25, 0.3) is 0 Å².